The fourth-order valence-electron chi connectivity index (χ4n) is 2.27. The first-order valence-corrected chi connectivity index (χ1v) is 7.16. The van der Waals surface area contributed by atoms with E-state index in [1.807, 2.05) is 0 Å². The van der Waals surface area contributed by atoms with Gasteiger partial charge in [-0.1, -0.05) is 37.0 Å². The maximum Gasteiger partial charge on any atom is 0.341 e. The van der Waals surface area contributed by atoms with Gasteiger partial charge in [0.25, 0.3) is 0 Å². The van der Waals surface area contributed by atoms with Crippen molar-refractivity contribution in [1.82, 2.24) is 4.98 Å². The van der Waals surface area contributed by atoms with E-state index in [-0.39, 0.29) is 22.0 Å². The van der Waals surface area contributed by atoms with E-state index in [9.17, 15) is 4.79 Å². The summed E-state index contributed by atoms with van der Waals surface area (Å²) in [6.07, 6.45) is 3.91. The summed E-state index contributed by atoms with van der Waals surface area (Å²) < 4.78 is 5.48. The fourth-order valence-corrected chi connectivity index (χ4v) is 2.69. The number of nitrogens with zero attached hydrogens (tertiary/aromatic N) is 1. The van der Waals surface area contributed by atoms with E-state index in [1.165, 1.54) is 6.07 Å². The van der Waals surface area contributed by atoms with E-state index in [0.717, 1.165) is 25.7 Å². The number of aromatic nitrogens is 1. The predicted octanol–water partition coefficient (Wildman–Crippen LogP) is 4.51. The molecular formula is C14H17Cl2NO2. The van der Waals surface area contributed by atoms with Crippen molar-refractivity contribution >= 4 is 29.2 Å². The molecule has 1 fully saturated rings. The van der Waals surface area contributed by atoms with Crippen LogP contribution in [0.4, 0.5) is 0 Å². The van der Waals surface area contributed by atoms with Gasteiger partial charge in [-0.25, -0.2) is 9.78 Å². The van der Waals surface area contributed by atoms with E-state index in [1.54, 1.807) is 6.07 Å². The van der Waals surface area contributed by atoms with Crippen molar-refractivity contribution in [2.75, 3.05) is 0 Å². The molecule has 1 heterocycles. The summed E-state index contributed by atoms with van der Waals surface area (Å²) in [4.78, 5) is 15.9. The monoisotopic (exact) mass is 301 g/mol. The molecule has 0 atom stereocenters. The smallest absolute Gasteiger partial charge is 0.341 e. The van der Waals surface area contributed by atoms with Crippen molar-refractivity contribution in [3.05, 3.63) is 28.0 Å². The van der Waals surface area contributed by atoms with E-state index >= 15 is 0 Å². The number of esters is 1. The first-order valence-electron chi connectivity index (χ1n) is 6.40. The first kappa shape index (κ1) is 14.6. The Bertz CT molecular complexity index is 478. The summed E-state index contributed by atoms with van der Waals surface area (Å²) in [5, 5.41) is 0.356. The lowest BCUT2D eigenvalue weighted by Gasteiger charge is -2.33. The normalized spacial score (nSPS) is 19.2. The summed E-state index contributed by atoms with van der Waals surface area (Å²) in [6.45, 7) is 4.48. The van der Waals surface area contributed by atoms with Crippen LogP contribution in [-0.2, 0) is 4.74 Å². The highest BCUT2D eigenvalue weighted by molar-refractivity contribution is 6.34. The minimum absolute atomic E-state index is 0.0210. The molecule has 3 nitrogen and oxygen atoms in total. The minimum Gasteiger partial charge on any atom is -0.459 e. The maximum atomic E-state index is 12.0. The molecule has 0 aromatic carbocycles. The van der Waals surface area contributed by atoms with Gasteiger partial charge < -0.3 is 4.74 Å². The van der Waals surface area contributed by atoms with Gasteiger partial charge in [0.15, 0.2) is 0 Å². The van der Waals surface area contributed by atoms with Crippen molar-refractivity contribution in [2.24, 2.45) is 5.41 Å². The van der Waals surface area contributed by atoms with Gasteiger partial charge in [0.05, 0.1) is 5.56 Å². The number of hydrogen-bond donors (Lipinski definition) is 0. The molecule has 0 spiro atoms. The molecule has 0 bridgehead atoms. The molecule has 1 aromatic heterocycles. The second kappa shape index (κ2) is 5.68. The Balaban J connectivity index is 1.98. The average molecular weight is 302 g/mol. The van der Waals surface area contributed by atoms with Gasteiger partial charge in [0, 0.05) is 0 Å². The van der Waals surface area contributed by atoms with Gasteiger partial charge in [0.1, 0.15) is 16.4 Å². The predicted molar refractivity (Wildman–Crippen MR) is 75.7 cm³/mol. The molecule has 1 saturated carbocycles. The van der Waals surface area contributed by atoms with Crippen molar-refractivity contribution in [2.45, 2.75) is 45.6 Å². The molecular weight excluding hydrogens is 285 g/mol. The number of ether oxygens (including phenoxy) is 1. The number of hydrogen-bond acceptors (Lipinski definition) is 3. The Morgan fingerprint density at radius 3 is 2.53 bits per heavy atom. The lowest BCUT2D eigenvalue weighted by Crippen LogP contribution is -2.28. The van der Waals surface area contributed by atoms with Gasteiger partial charge in [-0.3, -0.25) is 0 Å². The van der Waals surface area contributed by atoms with Crippen LogP contribution in [0.2, 0.25) is 10.3 Å². The maximum absolute atomic E-state index is 12.0. The van der Waals surface area contributed by atoms with Crippen molar-refractivity contribution < 1.29 is 9.53 Å². The van der Waals surface area contributed by atoms with E-state index in [0.29, 0.717) is 5.41 Å². The molecule has 0 amide bonds. The quantitative estimate of drug-likeness (QED) is 0.596. The SMILES string of the molecule is CC1(C)CCC(OC(=O)c2ccc(Cl)nc2Cl)CC1. The lowest BCUT2D eigenvalue weighted by atomic mass is 9.76. The molecule has 5 heteroatoms. The van der Waals surface area contributed by atoms with Crippen LogP contribution in [0.15, 0.2) is 12.1 Å². The van der Waals surface area contributed by atoms with Gasteiger partial charge in [-0.2, -0.15) is 0 Å². The zero-order chi connectivity index (χ0) is 14.0. The van der Waals surface area contributed by atoms with E-state index < -0.39 is 5.97 Å². The molecule has 2 rings (SSSR count). The van der Waals surface area contributed by atoms with Crippen LogP contribution in [0.1, 0.15) is 49.9 Å². The van der Waals surface area contributed by atoms with Crippen LogP contribution >= 0.6 is 23.2 Å². The zero-order valence-electron chi connectivity index (χ0n) is 11.1. The molecule has 0 radical (unpaired) electrons. The van der Waals surface area contributed by atoms with E-state index in [4.69, 9.17) is 27.9 Å². The van der Waals surface area contributed by atoms with Crippen molar-refractivity contribution in [3.8, 4) is 0 Å². The Labute approximate surface area is 123 Å². The standard InChI is InChI=1S/C14H17Cl2NO2/c1-14(2)7-5-9(6-8-14)19-13(18)10-3-4-11(15)17-12(10)16/h3-4,9H,5-8H2,1-2H3. The number of carbonyl (C=O) groups excluding carboxylic acids is 1. The Kier molecular flexibility index (Phi) is 4.36. The molecule has 0 N–H and O–H groups in total. The number of halogens is 2. The number of pyridine rings is 1. The van der Waals surface area contributed by atoms with Crippen LogP contribution in [0.5, 0.6) is 0 Å². The van der Waals surface area contributed by atoms with Gasteiger partial charge >= 0.3 is 5.97 Å². The Morgan fingerprint density at radius 2 is 1.95 bits per heavy atom. The second-order valence-electron chi connectivity index (χ2n) is 5.74. The average Bonchev–Trinajstić information content (AvgIpc) is 2.31. The molecule has 104 valence electrons. The van der Waals surface area contributed by atoms with Crippen LogP contribution in [-0.4, -0.2) is 17.1 Å². The third-order valence-electron chi connectivity index (χ3n) is 3.59. The largest absolute Gasteiger partial charge is 0.459 e. The minimum atomic E-state index is -0.418. The van der Waals surface area contributed by atoms with Crippen molar-refractivity contribution in [3.63, 3.8) is 0 Å². The second-order valence-corrected chi connectivity index (χ2v) is 6.49. The lowest BCUT2D eigenvalue weighted by molar-refractivity contribution is 0.00949. The summed E-state index contributed by atoms with van der Waals surface area (Å²) in [5.74, 6) is -0.418. The zero-order valence-corrected chi connectivity index (χ0v) is 12.6. The van der Waals surface area contributed by atoms with Gasteiger partial charge in [-0.05, 0) is 43.2 Å². The van der Waals surface area contributed by atoms with Crippen LogP contribution < -0.4 is 0 Å². The third kappa shape index (κ3) is 3.83. The fraction of sp³-hybridized carbons (Fsp3) is 0.571. The first-order chi connectivity index (χ1) is 8.87. The summed E-state index contributed by atoms with van der Waals surface area (Å²) in [7, 11) is 0. The summed E-state index contributed by atoms with van der Waals surface area (Å²) in [5.41, 5.74) is 0.624. The highest BCUT2D eigenvalue weighted by atomic mass is 35.5. The molecule has 0 saturated heterocycles. The third-order valence-corrected chi connectivity index (χ3v) is 4.09. The Hall–Kier alpha value is -0.800. The van der Waals surface area contributed by atoms with Crippen LogP contribution in [0, 0.1) is 5.41 Å². The number of carbonyl (C=O) groups is 1. The number of rotatable bonds is 2. The molecule has 1 aliphatic carbocycles. The highest BCUT2D eigenvalue weighted by Gasteiger charge is 2.29. The molecule has 1 aromatic rings. The molecule has 1 aliphatic rings. The van der Waals surface area contributed by atoms with Gasteiger partial charge in [-0.15, -0.1) is 0 Å². The van der Waals surface area contributed by atoms with Crippen molar-refractivity contribution in [1.29, 1.82) is 0 Å². The topological polar surface area (TPSA) is 39.2 Å². The van der Waals surface area contributed by atoms with Gasteiger partial charge in [0.2, 0.25) is 0 Å². The molecule has 0 aliphatic heterocycles. The molecule has 0 unspecified atom stereocenters. The van der Waals surface area contributed by atoms with Crippen LogP contribution in [0.3, 0.4) is 0 Å². The summed E-state index contributed by atoms with van der Waals surface area (Å²) in [6, 6.07) is 3.08. The molecule has 19 heavy (non-hydrogen) atoms. The highest BCUT2D eigenvalue weighted by Crippen LogP contribution is 2.36. The summed E-state index contributed by atoms with van der Waals surface area (Å²) >= 11 is 11.6. The van der Waals surface area contributed by atoms with Crippen LogP contribution in [0.25, 0.3) is 0 Å². The van der Waals surface area contributed by atoms with E-state index in [2.05, 4.69) is 18.8 Å². The Morgan fingerprint density at radius 1 is 1.32 bits per heavy atom.